The highest BCUT2D eigenvalue weighted by Gasteiger charge is 2.28. The van der Waals surface area contributed by atoms with Crippen LogP contribution in [0.15, 0.2) is 81.9 Å². The Morgan fingerprint density at radius 3 is 2.64 bits per heavy atom. The maximum atomic E-state index is 12.6. The van der Waals surface area contributed by atoms with E-state index in [0.29, 0.717) is 15.5 Å². The number of nitro groups is 1. The molecule has 2 heterocycles. The first kappa shape index (κ1) is 23.9. The number of carbonyl (C=O) groups is 2. The summed E-state index contributed by atoms with van der Waals surface area (Å²) in [5.74, 6) is -1.11. The van der Waals surface area contributed by atoms with Gasteiger partial charge in [0.2, 0.25) is 5.90 Å². The fourth-order valence-electron chi connectivity index (χ4n) is 3.40. The third-order valence-corrected chi connectivity index (χ3v) is 7.27. The van der Waals surface area contributed by atoms with Crippen molar-refractivity contribution in [2.45, 2.75) is 0 Å². The van der Waals surface area contributed by atoms with Crippen molar-refractivity contribution in [2.75, 3.05) is 0 Å². The topological polar surface area (TPSA) is 108 Å². The molecule has 1 aromatic heterocycles. The van der Waals surface area contributed by atoms with Crippen LogP contribution in [0, 0.1) is 10.1 Å². The Morgan fingerprint density at radius 1 is 1.14 bits per heavy atom. The van der Waals surface area contributed by atoms with Crippen LogP contribution < -0.4 is 4.74 Å². The largest absolute Gasteiger partial charge is 0.422 e. The zero-order valence-electron chi connectivity index (χ0n) is 17.9. The second-order valence-corrected chi connectivity index (χ2v) is 9.80. The molecular weight excluding hydrogens is 572 g/mol. The van der Waals surface area contributed by atoms with Gasteiger partial charge in [-0.3, -0.25) is 10.1 Å². The van der Waals surface area contributed by atoms with Crippen molar-refractivity contribution in [3.05, 3.63) is 108 Å². The second-order valence-electron chi connectivity index (χ2n) is 7.45. The summed E-state index contributed by atoms with van der Waals surface area (Å²) in [5.41, 5.74) is 0.417. The number of para-hydroxylation sites is 1. The molecule has 1 aliphatic rings. The number of thiophene rings is 1. The number of cyclic esters (lactones) is 1. The van der Waals surface area contributed by atoms with Gasteiger partial charge in [-0.1, -0.05) is 51.8 Å². The molecule has 0 aliphatic carbocycles. The first-order valence-electron chi connectivity index (χ1n) is 10.3. The summed E-state index contributed by atoms with van der Waals surface area (Å²) in [7, 11) is 0. The fraction of sp³-hybridized carbons (Fsp3) is 0. The number of non-ortho nitro benzene ring substituents is 1. The molecule has 0 saturated carbocycles. The van der Waals surface area contributed by atoms with Crippen LogP contribution >= 0.6 is 38.9 Å². The number of carbonyl (C=O) groups excluding carboxylic acids is 2. The predicted molar refractivity (Wildman–Crippen MR) is 140 cm³/mol. The molecule has 0 N–H and O–H groups in total. The van der Waals surface area contributed by atoms with E-state index in [1.54, 1.807) is 24.3 Å². The standard InChI is InChI=1S/C25H12BrClN2O6S/c26-15-7-10-17-20(12-15)36-22(21(17)27)23-28-18(25(31)35-23)11-14-3-1-2-4-19(14)34-24(30)13-5-8-16(9-6-13)29(32)33/h1-12H/b18-11+. The van der Waals surface area contributed by atoms with Gasteiger partial charge < -0.3 is 9.47 Å². The lowest BCUT2D eigenvalue weighted by molar-refractivity contribution is -0.384. The van der Waals surface area contributed by atoms with Crippen molar-refractivity contribution in [1.82, 2.24) is 0 Å². The lowest BCUT2D eigenvalue weighted by atomic mass is 10.1. The number of aliphatic imine (C=N–C) groups is 1. The van der Waals surface area contributed by atoms with Crippen LogP contribution in [-0.2, 0) is 9.53 Å². The molecule has 0 bridgehead atoms. The summed E-state index contributed by atoms with van der Waals surface area (Å²) in [5, 5.41) is 12.1. The van der Waals surface area contributed by atoms with Gasteiger partial charge in [-0.25, -0.2) is 14.6 Å². The van der Waals surface area contributed by atoms with E-state index in [1.165, 1.54) is 41.7 Å². The van der Waals surface area contributed by atoms with E-state index < -0.39 is 16.9 Å². The van der Waals surface area contributed by atoms with Gasteiger partial charge in [-0.15, -0.1) is 11.3 Å². The van der Waals surface area contributed by atoms with Gasteiger partial charge in [0.25, 0.3) is 5.69 Å². The first-order valence-corrected chi connectivity index (χ1v) is 12.2. The van der Waals surface area contributed by atoms with Crippen LogP contribution in [0.3, 0.4) is 0 Å². The number of halogens is 2. The van der Waals surface area contributed by atoms with Crippen LogP contribution in [0.4, 0.5) is 5.69 Å². The summed E-state index contributed by atoms with van der Waals surface area (Å²) >= 11 is 11.3. The molecule has 11 heteroatoms. The molecule has 5 rings (SSSR count). The number of hydrogen-bond donors (Lipinski definition) is 0. The lowest BCUT2D eigenvalue weighted by Gasteiger charge is -2.07. The van der Waals surface area contributed by atoms with E-state index in [4.69, 9.17) is 21.1 Å². The number of hydrogen-bond acceptors (Lipinski definition) is 8. The van der Waals surface area contributed by atoms with Crippen LogP contribution in [-0.4, -0.2) is 22.8 Å². The molecule has 3 aromatic carbocycles. The molecule has 0 fully saturated rings. The fourth-order valence-corrected chi connectivity index (χ4v) is 5.39. The molecule has 0 atom stereocenters. The number of rotatable bonds is 5. The number of fused-ring (bicyclic) bond motifs is 1. The molecule has 0 radical (unpaired) electrons. The summed E-state index contributed by atoms with van der Waals surface area (Å²) < 4.78 is 12.7. The van der Waals surface area contributed by atoms with E-state index in [0.717, 1.165) is 14.6 Å². The quantitative estimate of drug-likeness (QED) is 0.0842. The molecule has 0 amide bonds. The van der Waals surface area contributed by atoms with Crippen molar-refractivity contribution < 1.29 is 24.0 Å². The van der Waals surface area contributed by atoms with Gasteiger partial charge in [-0.2, -0.15) is 0 Å². The monoisotopic (exact) mass is 582 g/mol. The molecule has 1 aliphatic heterocycles. The molecule has 4 aromatic rings. The summed E-state index contributed by atoms with van der Waals surface area (Å²) in [6, 6.07) is 17.3. The van der Waals surface area contributed by atoms with Crippen molar-refractivity contribution in [2.24, 2.45) is 4.99 Å². The van der Waals surface area contributed by atoms with Gasteiger partial charge >= 0.3 is 11.9 Å². The van der Waals surface area contributed by atoms with Crippen LogP contribution in [0.25, 0.3) is 16.2 Å². The Morgan fingerprint density at radius 2 is 1.89 bits per heavy atom. The lowest BCUT2D eigenvalue weighted by Crippen LogP contribution is -2.09. The van der Waals surface area contributed by atoms with Gasteiger partial charge in [0, 0.05) is 32.3 Å². The van der Waals surface area contributed by atoms with E-state index in [9.17, 15) is 19.7 Å². The summed E-state index contributed by atoms with van der Waals surface area (Å²) in [6.45, 7) is 0. The maximum Gasteiger partial charge on any atom is 0.363 e. The number of esters is 2. The van der Waals surface area contributed by atoms with Gasteiger partial charge in [0.15, 0.2) is 5.70 Å². The zero-order chi connectivity index (χ0) is 25.4. The van der Waals surface area contributed by atoms with Crippen LogP contribution in [0.5, 0.6) is 5.75 Å². The smallest absolute Gasteiger partial charge is 0.363 e. The maximum absolute atomic E-state index is 12.6. The average Bonchev–Trinajstić information content (AvgIpc) is 3.39. The molecule has 178 valence electrons. The Hall–Kier alpha value is -3.86. The van der Waals surface area contributed by atoms with Crippen molar-refractivity contribution in [3.63, 3.8) is 0 Å². The molecule has 0 spiro atoms. The van der Waals surface area contributed by atoms with Crippen molar-refractivity contribution >= 4 is 78.6 Å². The predicted octanol–water partition coefficient (Wildman–Crippen LogP) is 6.79. The van der Waals surface area contributed by atoms with E-state index in [1.807, 2.05) is 18.2 Å². The summed E-state index contributed by atoms with van der Waals surface area (Å²) in [6.07, 6.45) is 1.45. The third kappa shape index (κ3) is 4.66. The third-order valence-electron chi connectivity index (χ3n) is 5.13. The van der Waals surface area contributed by atoms with Gasteiger partial charge in [-0.05, 0) is 36.4 Å². The van der Waals surface area contributed by atoms with Crippen molar-refractivity contribution in [3.8, 4) is 5.75 Å². The highest BCUT2D eigenvalue weighted by Crippen LogP contribution is 2.39. The Balaban J connectivity index is 1.43. The van der Waals surface area contributed by atoms with E-state index >= 15 is 0 Å². The number of nitro benzene ring substituents is 1. The van der Waals surface area contributed by atoms with Crippen molar-refractivity contribution in [1.29, 1.82) is 0 Å². The number of benzene rings is 3. The SMILES string of the molecule is O=C1OC(c2sc3cc(Br)ccc3c2Cl)=N/C1=C/c1ccccc1OC(=O)c1ccc([N+](=O)[O-])cc1. The molecule has 0 saturated heterocycles. The molecular formula is C25H12BrClN2O6S. The molecule has 36 heavy (non-hydrogen) atoms. The highest BCUT2D eigenvalue weighted by molar-refractivity contribution is 9.10. The second kappa shape index (κ2) is 9.65. The highest BCUT2D eigenvalue weighted by atomic mass is 79.9. The average molecular weight is 584 g/mol. The number of nitrogens with zero attached hydrogens (tertiary/aromatic N) is 2. The van der Waals surface area contributed by atoms with E-state index in [2.05, 4.69) is 20.9 Å². The molecule has 0 unspecified atom stereocenters. The summed E-state index contributed by atoms with van der Waals surface area (Å²) in [4.78, 5) is 40.3. The van der Waals surface area contributed by atoms with Gasteiger partial charge in [0.05, 0.1) is 15.5 Å². The molecule has 8 nitrogen and oxygen atoms in total. The Kier molecular flexibility index (Phi) is 6.40. The number of ether oxygens (including phenoxy) is 2. The van der Waals surface area contributed by atoms with Gasteiger partial charge in [0.1, 0.15) is 10.6 Å². The normalized spacial score (nSPS) is 14.1. The van der Waals surface area contributed by atoms with Crippen LogP contribution in [0.1, 0.15) is 20.8 Å². The first-order chi connectivity index (χ1) is 17.3. The minimum atomic E-state index is -0.711. The van der Waals surface area contributed by atoms with E-state index in [-0.39, 0.29) is 28.6 Å². The minimum absolute atomic E-state index is 0.0125. The Bertz CT molecular complexity index is 1630. The zero-order valence-corrected chi connectivity index (χ0v) is 21.1. The van der Waals surface area contributed by atoms with Crippen LogP contribution in [0.2, 0.25) is 5.02 Å². The Labute approximate surface area is 220 Å². The minimum Gasteiger partial charge on any atom is -0.422 e.